The van der Waals surface area contributed by atoms with Crippen LogP contribution in [0.5, 0.6) is 0 Å². The highest BCUT2D eigenvalue weighted by molar-refractivity contribution is 7.80. The Balaban J connectivity index is 2.06. The van der Waals surface area contributed by atoms with E-state index in [1.807, 2.05) is 18.2 Å². The van der Waals surface area contributed by atoms with Crippen LogP contribution in [0.2, 0.25) is 5.02 Å². The van der Waals surface area contributed by atoms with E-state index in [9.17, 15) is 4.79 Å². The molecular weight excluding hydrogens is 334 g/mol. The van der Waals surface area contributed by atoms with E-state index in [1.165, 1.54) is 0 Å². The summed E-state index contributed by atoms with van der Waals surface area (Å²) in [7, 11) is 0. The van der Waals surface area contributed by atoms with E-state index < -0.39 is 0 Å². The zero-order chi connectivity index (χ0) is 16.2. The summed E-state index contributed by atoms with van der Waals surface area (Å²) in [6.07, 6.45) is 1.57. The molecule has 0 spiro atoms. The van der Waals surface area contributed by atoms with E-state index in [1.54, 1.807) is 35.2 Å². The minimum atomic E-state index is -0.257. The lowest BCUT2D eigenvalue weighted by Gasteiger charge is -2.05. The van der Waals surface area contributed by atoms with Gasteiger partial charge in [0.05, 0.1) is 12.0 Å². The topological polar surface area (TPSA) is 60.1 Å². The third-order valence-corrected chi connectivity index (χ3v) is 3.62. The van der Waals surface area contributed by atoms with Gasteiger partial charge in [0.2, 0.25) is 0 Å². The Bertz CT molecular complexity index is 815. The second-order valence-electron chi connectivity index (χ2n) is 4.76. The number of rotatable bonds is 5. The van der Waals surface area contributed by atoms with Gasteiger partial charge >= 0.3 is 0 Å². The molecule has 3 aromatic rings. The molecule has 0 saturated heterocycles. The summed E-state index contributed by atoms with van der Waals surface area (Å²) in [6, 6.07) is 12.5. The summed E-state index contributed by atoms with van der Waals surface area (Å²) < 4.78 is 7.09. The average molecular weight is 348 g/mol. The Hall–Kier alpha value is -2.18. The van der Waals surface area contributed by atoms with Gasteiger partial charge in [-0.3, -0.25) is 4.79 Å². The van der Waals surface area contributed by atoms with Gasteiger partial charge in [-0.05, 0) is 30.3 Å². The standard InChI is InChI=1S/C16H14ClN3O2S/c17-11-3-1-4-12(9-11)20-14(15-5-2-7-22-15)10-13(19-20)16(21)18-6-8-23/h1-5,7,9-10,23H,6,8H2,(H,18,21). The quantitative estimate of drug-likeness (QED) is 0.695. The van der Waals surface area contributed by atoms with Crippen LogP contribution < -0.4 is 5.32 Å². The molecular formula is C16H14ClN3O2S. The molecule has 1 aromatic carbocycles. The first-order chi connectivity index (χ1) is 11.2. The molecule has 2 heterocycles. The first-order valence-electron chi connectivity index (χ1n) is 6.98. The normalized spacial score (nSPS) is 10.7. The SMILES string of the molecule is O=C(NCCS)c1cc(-c2ccco2)n(-c2cccc(Cl)c2)n1. The van der Waals surface area contributed by atoms with Crippen molar-refractivity contribution < 1.29 is 9.21 Å². The Morgan fingerprint density at radius 3 is 2.87 bits per heavy atom. The zero-order valence-electron chi connectivity index (χ0n) is 12.1. The maximum atomic E-state index is 12.2. The number of halogens is 1. The Morgan fingerprint density at radius 1 is 1.30 bits per heavy atom. The molecule has 7 heteroatoms. The van der Waals surface area contributed by atoms with Crippen LogP contribution >= 0.6 is 24.2 Å². The average Bonchev–Trinajstić information content (AvgIpc) is 3.21. The van der Waals surface area contributed by atoms with Crippen molar-refractivity contribution in [2.45, 2.75) is 0 Å². The van der Waals surface area contributed by atoms with Gasteiger partial charge in [-0.25, -0.2) is 4.68 Å². The molecule has 1 N–H and O–H groups in total. The molecule has 0 fully saturated rings. The summed E-state index contributed by atoms with van der Waals surface area (Å²) in [5, 5.41) is 7.73. The molecule has 2 aromatic heterocycles. The highest BCUT2D eigenvalue weighted by atomic mass is 35.5. The fourth-order valence-corrected chi connectivity index (χ4v) is 2.45. The molecule has 0 aliphatic carbocycles. The molecule has 118 valence electrons. The van der Waals surface area contributed by atoms with Gasteiger partial charge in [0, 0.05) is 23.4 Å². The van der Waals surface area contributed by atoms with Crippen LogP contribution in [-0.4, -0.2) is 28.0 Å². The molecule has 3 rings (SSSR count). The van der Waals surface area contributed by atoms with Crippen molar-refractivity contribution in [3.8, 4) is 17.1 Å². The molecule has 5 nitrogen and oxygen atoms in total. The fraction of sp³-hybridized carbons (Fsp3) is 0.125. The maximum absolute atomic E-state index is 12.2. The van der Waals surface area contributed by atoms with Crippen molar-refractivity contribution in [2.24, 2.45) is 0 Å². The lowest BCUT2D eigenvalue weighted by molar-refractivity contribution is 0.0951. The second-order valence-corrected chi connectivity index (χ2v) is 5.65. The van der Waals surface area contributed by atoms with Crippen molar-refractivity contribution >= 4 is 30.1 Å². The predicted molar refractivity (Wildman–Crippen MR) is 92.5 cm³/mol. The van der Waals surface area contributed by atoms with Gasteiger partial charge in [0.15, 0.2) is 11.5 Å². The largest absolute Gasteiger partial charge is 0.463 e. The van der Waals surface area contributed by atoms with Crippen molar-refractivity contribution in [1.82, 2.24) is 15.1 Å². The third kappa shape index (κ3) is 3.43. The predicted octanol–water partition coefficient (Wildman–Crippen LogP) is 3.45. The van der Waals surface area contributed by atoms with Crippen LogP contribution in [0.4, 0.5) is 0 Å². The number of benzene rings is 1. The van der Waals surface area contributed by atoms with E-state index in [0.717, 1.165) is 5.69 Å². The van der Waals surface area contributed by atoms with E-state index in [-0.39, 0.29) is 5.91 Å². The van der Waals surface area contributed by atoms with Gasteiger partial charge in [-0.15, -0.1) is 0 Å². The van der Waals surface area contributed by atoms with Crippen molar-refractivity contribution in [2.75, 3.05) is 12.3 Å². The van der Waals surface area contributed by atoms with Gasteiger partial charge in [-0.2, -0.15) is 17.7 Å². The number of hydrogen-bond acceptors (Lipinski definition) is 4. The molecule has 0 aliphatic heterocycles. The van der Waals surface area contributed by atoms with Crippen LogP contribution in [0.1, 0.15) is 10.5 Å². The first-order valence-corrected chi connectivity index (χ1v) is 7.99. The fourth-order valence-electron chi connectivity index (χ4n) is 2.16. The van der Waals surface area contributed by atoms with Crippen LogP contribution in [0.15, 0.2) is 53.1 Å². The molecule has 0 saturated carbocycles. The van der Waals surface area contributed by atoms with Gasteiger partial charge < -0.3 is 9.73 Å². The number of nitrogens with one attached hydrogen (secondary N) is 1. The minimum absolute atomic E-state index is 0.257. The molecule has 23 heavy (non-hydrogen) atoms. The number of carbonyl (C=O) groups excluding carboxylic acids is 1. The molecule has 0 radical (unpaired) electrons. The molecule has 0 bridgehead atoms. The van der Waals surface area contributed by atoms with Crippen molar-refractivity contribution in [3.63, 3.8) is 0 Å². The third-order valence-electron chi connectivity index (χ3n) is 3.17. The maximum Gasteiger partial charge on any atom is 0.271 e. The summed E-state index contributed by atoms with van der Waals surface area (Å²) in [5.74, 6) is 0.921. The van der Waals surface area contributed by atoms with Crippen LogP contribution in [0.3, 0.4) is 0 Å². The summed E-state index contributed by atoms with van der Waals surface area (Å²) >= 11 is 10.1. The molecule has 0 aliphatic rings. The number of carbonyl (C=O) groups is 1. The van der Waals surface area contributed by atoms with Crippen molar-refractivity contribution in [1.29, 1.82) is 0 Å². The number of nitrogens with zero attached hydrogens (tertiary/aromatic N) is 2. The summed E-state index contributed by atoms with van der Waals surface area (Å²) in [5.41, 5.74) is 1.73. The monoisotopic (exact) mass is 347 g/mol. The smallest absolute Gasteiger partial charge is 0.271 e. The van der Waals surface area contributed by atoms with Crippen LogP contribution in [-0.2, 0) is 0 Å². The Labute approximate surface area is 143 Å². The van der Waals surface area contributed by atoms with E-state index in [2.05, 4.69) is 23.0 Å². The lowest BCUT2D eigenvalue weighted by Crippen LogP contribution is -2.25. The number of furan rings is 1. The van der Waals surface area contributed by atoms with Crippen LogP contribution in [0.25, 0.3) is 17.1 Å². The van der Waals surface area contributed by atoms with Gasteiger partial charge in [0.25, 0.3) is 5.91 Å². The number of amides is 1. The Kier molecular flexibility index (Phi) is 4.73. The number of hydrogen-bond donors (Lipinski definition) is 2. The van der Waals surface area contributed by atoms with E-state index in [0.29, 0.717) is 34.5 Å². The molecule has 0 atom stereocenters. The number of thiol groups is 1. The zero-order valence-corrected chi connectivity index (χ0v) is 13.7. The van der Waals surface area contributed by atoms with Gasteiger partial charge in [0.1, 0.15) is 5.69 Å². The number of aromatic nitrogens is 2. The van der Waals surface area contributed by atoms with Crippen molar-refractivity contribution in [3.05, 3.63) is 59.4 Å². The highest BCUT2D eigenvalue weighted by Gasteiger charge is 2.18. The van der Waals surface area contributed by atoms with E-state index in [4.69, 9.17) is 16.0 Å². The molecule has 1 amide bonds. The highest BCUT2D eigenvalue weighted by Crippen LogP contribution is 2.25. The van der Waals surface area contributed by atoms with E-state index >= 15 is 0 Å². The van der Waals surface area contributed by atoms with Crippen LogP contribution in [0, 0.1) is 0 Å². The summed E-state index contributed by atoms with van der Waals surface area (Å²) in [4.78, 5) is 12.2. The summed E-state index contributed by atoms with van der Waals surface area (Å²) in [6.45, 7) is 0.474. The molecule has 0 unspecified atom stereocenters. The second kappa shape index (κ2) is 6.93. The minimum Gasteiger partial charge on any atom is -0.463 e. The lowest BCUT2D eigenvalue weighted by atomic mass is 10.2. The first kappa shape index (κ1) is 15.7. The van der Waals surface area contributed by atoms with Gasteiger partial charge in [-0.1, -0.05) is 17.7 Å². The Morgan fingerprint density at radius 2 is 2.17 bits per heavy atom.